The summed E-state index contributed by atoms with van der Waals surface area (Å²) in [5, 5.41) is 18.0. The Kier molecular flexibility index (Phi) is 1.39. The van der Waals surface area contributed by atoms with E-state index in [1.54, 1.807) is 0 Å². The van der Waals surface area contributed by atoms with E-state index in [2.05, 4.69) is 21.7 Å². The summed E-state index contributed by atoms with van der Waals surface area (Å²) in [6, 6.07) is 0. The van der Waals surface area contributed by atoms with Gasteiger partial charge in [-0.1, -0.05) is 0 Å². The van der Waals surface area contributed by atoms with Gasteiger partial charge in [0, 0.05) is 0 Å². The van der Waals surface area contributed by atoms with Crippen molar-refractivity contribution in [1.29, 1.82) is 0 Å². The smallest absolute Gasteiger partial charge is 0.327 e. The molecule has 0 saturated heterocycles. The van der Waals surface area contributed by atoms with Gasteiger partial charge in [-0.3, -0.25) is 4.79 Å². The van der Waals surface area contributed by atoms with Crippen molar-refractivity contribution >= 4 is 5.97 Å². The Morgan fingerprint density at radius 3 is 3.00 bits per heavy atom. The molecule has 0 aromatic carbocycles. The van der Waals surface area contributed by atoms with Gasteiger partial charge in [0.2, 0.25) is 6.33 Å². The topological polar surface area (TPSA) is 80.9 Å². The van der Waals surface area contributed by atoms with Crippen molar-refractivity contribution in [2.24, 2.45) is 0 Å². The molecule has 0 spiro atoms. The normalized spacial score (nSPS) is 9.33. The lowest BCUT2D eigenvalue weighted by molar-refractivity contribution is -0.138. The Hall–Kier alpha value is -1.46. The third kappa shape index (κ3) is 1.48. The largest absolute Gasteiger partial charge is 0.480 e. The third-order valence-electron chi connectivity index (χ3n) is 0.630. The van der Waals surface area contributed by atoms with Gasteiger partial charge >= 0.3 is 5.97 Å². The van der Waals surface area contributed by atoms with Gasteiger partial charge in [0.15, 0.2) is 6.54 Å². The van der Waals surface area contributed by atoms with Crippen LogP contribution in [-0.4, -0.2) is 31.3 Å². The summed E-state index contributed by atoms with van der Waals surface area (Å²) in [5.74, 6) is -0.999. The molecule has 0 bridgehead atoms. The molecular formula is C3H3N4O2. The maximum Gasteiger partial charge on any atom is 0.327 e. The summed E-state index contributed by atoms with van der Waals surface area (Å²) < 4.78 is 0. The minimum absolute atomic E-state index is 0.267. The molecule has 1 radical (unpaired) electrons. The summed E-state index contributed by atoms with van der Waals surface area (Å²) in [6.07, 6.45) is 2.12. The minimum Gasteiger partial charge on any atom is -0.480 e. The molecule has 0 amide bonds. The van der Waals surface area contributed by atoms with Gasteiger partial charge in [0.1, 0.15) is 0 Å². The van der Waals surface area contributed by atoms with Crippen LogP contribution in [0.25, 0.3) is 0 Å². The standard InChI is InChI=1S/C3H3N4O2/c8-3(9)1-7-5-2-4-6-7/h1H2,(H,8,9). The first-order valence-corrected chi connectivity index (χ1v) is 2.14. The number of carboxylic acid groups (broad SMARTS) is 1. The van der Waals surface area contributed by atoms with Gasteiger partial charge in [-0.25, -0.2) is 0 Å². The predicted octanol–water partition coefficient (Wildman–Crippen LogP) is -1.44. The lowest BCUT2D eigenvalue weighted by atomic mass is 10.7. The summed E-state index contributed by atoms with van der Waals surface area (Å²) in [7, 11) is 0. The van der Waals surface area contributed by atoms with Crippen molar-refractivity contribution in [3.8, 4) is 0 Å². The van der Waals surface area contributed by atoms with Crippen LogP contribution in [0.15, 0.2) is 0 Å². The molecule has 1 rings (SSSR count). The number of carboxylic acids is 1. The molecule has 0 saturated carbocycles. The van der Waals surface area contributed by atoms with Crippen molar-refractivity contribution in [3.05, 3.63) is 6.33 Å². The van der Waals surface area contributed by atoms with E-state index in [0.717, 1.165) is 4.80 Å². The molecule has 1 heterocycles. The van der Waals surface area contributed by atoms with Crippen LogP contribution in [0.3, 0.4) is 0 Å². The van der Waals surface area contributed by atoms with Crippen LogP contribution in [0.2, 0.25) is 0 Å². The van der Waals surface area contributed by atoms with Gasteiger partial charge in [-0.05, 0) is 5.21 Å². The molecular weight excluding hydrogens is 124 g/mol. The van der Waals surface area contributed by atoms with Crippen LogP contribution < -0.4 is 0 Å². The fraction of sp³-hybridized carbons (Fsp3) is 0.333. The summed E-state index contributed by atoms with van der Waals surface area (Å²) in [5.41, 5.74) is 0. The second-order valence-corrected chi connectivity index (χ2v) is 1.31. The molecule has 1 aromatic rings. The molecule has 0 aliphatic heterocycles. The van der Waals surface area contributed by atoms with Crippen molar-refractivity contribution in [3.63, 3.8) is 0 Å². The van der Waals surface area contributed by atoms with Crippen LogP contribution in [0.1, 0.15) is 0 Å². The van der Waals surface area contributed by atoms with Crippen molar-refractivity contribution in [1.82, 2.24) is 20.2 Å². The van der Waals surface area contributed by atoms with E-state index < -0.39 is 5.97 Å². The fourth-order valence-corrected chi connectivity index (χ4v) is 0.351. The number of aromatic nitrogens is 4. The zero-order valence-electron chi connectivity index (χ0n) is 4.35. The average Bonchev–Trinajstić information content (AvgIpc) is 2.15. The Morgan fingerprint density at radius 2 is 2.56 bits per heavy atom. The van der Waals surface area contributed by atoms with Crippen molar-refractivity contribution in [2.75, 3.05) is 0 Å². The molecule has 6 nitrogen and oxygen atoms in total. The molecule has 6 heteroatoms. The second kappa shape index (κ2) is 2.21. The van der Waals surface area contributed by atoms with Gasteiger partial charge in [-0.2, -0.15) is 4.80 Å². The zero-order chi connectivity index (χ0) is 6.69. The van der Waals surface area contributed by atoms with E-state index in [1.165, 1.54) is 0 Å². The first-order chi connectivity index (χ1) is 4.29. The lowest BCUT2D eigenvalue weighted by Gasteiger charge is -1.87. The number of rotatable bonds is 2. The van der Waals surface area contributed by atoms with E-state index >= 15 is 0 Å². The number of hydrogen-bond acceptors (Lipinski definition) is 4. The SMILES string of the molecule is O=C(O)Cn1n[c]nn1. The van der Waals surface area contributed by atoms with Crippen LogP contribution in [0.4, 0.5) is 0 Å². The quantitative estimate of drug-likeness (QED) is 0.526. The minimum atomic E-state index is -0.999. The number of nitrogens with zero attached hydrogens (tertiary/aromatic N) is 4. The highest BCUT2D eigenvalue weighted by molar-refractivity contribution is 5.66. The zero-order valence-corrected chi connectivity index (χ0v) is 4.35. The van der Waals surface area contributed by atoms with E-state index in [1.807, 2.05) is 0 Å². The Morgan fingerprint density at radius 1 is 1.78 bits per heavy atom. The molecule has 0 aliphatic rings. The van der Waals surface area contributed by atoms with Crippen molar-refractivity contribution in [2.45, 2.75) is 6.54 Å². The highest BCUT2D eigenvalue weighted by atomic mass is 16.4. The monoisotopic (exact) mass is 127 g/mol. The molecule has 0 aliphatic carbocycles. The van der Waals surface area contributed by atoms with Crippen molar-refractivity contribution < 1.29 is 9.90 Å². The molecule has 0 atom stereocenters. The van der Waals surface area contributed by atoms with Crippen LogP contribution in [-0.2, 0) is 11.3 Å². The summed E-state index contributed by atoms with van der Waals surface area (Å²) in [4.78, 5) is 10.9. The fourth-order valence-electron chi connectivity index (χ4n) is 0.351. The molecule has 1 N–H and O–H groups in total. The first kappa shape index (κ1) is 5.67. The molecule has 1 aromatic heterocycles. The Balaban J connectivity index is 2.58. The average molecular weight is 127 g/mol. The summed E-state index contributed by atoms with van der Waals surface area (Å²) in [6.45, 7) is -0.267. The highest BCUT2D eigenvalue weighted by Gasteiger charge is 1.98. The van der Waals surface area contributed by atoms with E-state index in [4.69, 9.17) is 5.11 Å². The molecule has 9 heavy (non-hydrogen) atoms. The maximum absolute atomic E-state index is 9.92. The summed E-state index contributed by atoms with van der Waals surface area (Å²) >= 11 is 0. The number of tetrazole rings is 1. The van der Waals surface area contributed by atoms with Gasteiger partial charge in [-0.15, -0.1) is 10.2 Å². The first-order valence-electron chi connectivity index (χ1n) is 2.14. The second-order valence-electron chi connectivity index (χ2n) is 1.31. The van der Waals surface area contributed by atoms with Crippen LogP contribution in [0, 0.1) is 6.33 Å². The molecule has 47 valence electrons. The molecule has 0 fully saturated rings. The number of carbonyl (C=O) groups is 1. The lowest BCUT2D eigenvalue weighted by Crippen LogP contribution is -2.11. The third-order valence-corrected chi connectivity index (χ3v) is 0.630. The molecule has 0 unspecified atom stereocenters. The Labute approximate surface area is 50.1 Å². The van der Waals surface area contributed by atoms with Gasteiger partial charge in [0.25, 0.3) is 0 Å². The maximum atomic E-state index is 9.92. The van der Waals surface area contributed by atoms with Crippen LogP contribution in [0.5, 0.6) is 0 Å². The van der Waals surface area contributed by atoms with Crippen LogP contribution >= 0.6 is 0 Å². The van der Waals surface area contributed by atoms with Gasteiger partial charge < -0.3 is 5.11 Å². The number of aliphatic carboxylic acids is 1. The number of hydrogen-bond donors (Lipinski definition) is 1. The van der Waals surface area contributed by atoms with Gasteiger partial charge in [0.05, 0.1) is 0 Å². The van der Waals surface area contributed by atoms with E-state index in [-0.39, 0.29) is 6.54 Å². The van der Waals surface area contributed by atoms with E-state index in [9.17, 15) is 4.79 Å². The van der Waals surface area contributed by atoms with E-state index in [0.29, 0.717) is 0 Å². The predicted molar refractivity (Wildman–Crippen MR) is 24.3 cm³/mol. The highest BCUT2D eigenvalue weighted by Crippen LogP contribution is 1.72. The Bertz CT molecular complexity index is 194.